The average Bonchev–Trinajstić information content (AvgIpc) is 2.53. The maximum absolute atomic E-state index is 5.59. The molecule has 0 radical (unpaired) electrons. The molecule has 5 heteroatoms. The molecule has 5 nitrogen and oxygen atoms in total. The van der Waals surface area contributed by atoms with Crippen molar-refractivity contribution < 1.29 is 18.9 Å². The quantitative estimate of drug-likeness (QED) is 0.719. The predicted octanol–water partition coefficient (Wildman–Crippen LogP) is 2.79. The van der Waals surface area contributed by atoms with Crippen LogP contribution >= 0.6 is 0 Å². The Bertz CT molecular complexity index is 415. The third-order valence-corrected chi connectivity index (χ3v) is 3.24. The Balaban J connectivity index is 3.16. The smallest absolute Gasteiger partial charge is 0.203 e. The van der Waals surface area contributed by atoms with E-state index in [9.17, 15) is 0 Å². The molecule has 1 aromatic carbocycles. The van der Waals surface area contributed by atoms with Crippen molar-refractivity contribution in [2.45, 2.75) is 26.3 Å². The van der Waals surface area contributed by atoms with Gasteiger partial charge in [-0.25, -0.2) is 0 Å². The van der Waals surface area contributed by atoms with Crippen LogP contribution in [0.3, 0.4) is 0 Å². The summed E-state index contributed by atoms with van der Waals surface area (Å²) in [6.07, 6.45) is 1.05. The zero-order valence-electron chi connectivity index (χ0n) is 13.7. The summed E-state index contributed by atoms with van der Waals surface area (Å²) in [6.45, 7) is 6.30. The first-order chi connectivity index (χ1) is 10.2. The van der Waals surface area contributed by atoms with Crippen LogP contribution in [-0.4, -0.2) is 41.1 Å². The molecule has 1 unspecified atom stereocenters. The summed E-state index contributed by atoms with van der Waals surface area (Å²) in [6, 6.07) is 3.94. The number of nitrogens with one attached hydrogen (secondary N) is 1. The van der Waals surface area contributed by atoms with Crippen LogP contribution < -0.4 is 19.5 Å². The highest BCUT2D eigenvalue weighted by Gasteiger charge is 2.22. The number of rotatable bonds is 10. The fraction of sp³-hybridized carbons (Fsp3) is 0.625. The fourth-order valence-corrected chi connectivity index (χ4v) is 2.21. The van der Waals surface area contributed by atoms with Crippen molar-refractivity contribution in [1.29, 1.82) is 0 Å². The van der Waals surface area contributed by atoms with Crippen molar-refractivity contribution in [3.05, 3.63) is 17.7 Å². The van der Waals surface area contributed by atoms with Crippen LogP contribution in [0.25, 0.3) is 0 Å². The van der Waals surface area contributed by atoms with E-state index in [1.54, 1.807) is 21.3 Å². The highest BCUT2D eigenvalue weighted by Crippen LogP contribution is 2.42. The first-order valence-electron chi connectivity index (χ1n) is 7.33. The topological polar surface area (TPSA) is 49.0 Å². The molecule has 0 fully saturated rings. The van der Waals surface area contributed by atoms with Gasteiger partial charge in [-0.1, -0.05) is 6.92 Å². The average molecular weight is 297 g/mol. The van der Waals surface area contributed by atoms with Crippen LogP contribution in [0.15, 0.2) is 12.1 Å². The molecule has 0 amide bonds. The summed E-state index contributed by atoms with van der Waals surface area (Å²) in [7, 11) is 4.86. The Morgan fingerprint density at radius 1 is 1.00 bits per heavy atom. The Hall–Kier alpha value is -1.46. The second-order valence-electron chi connectivity index (χ2n) is 4.59. The van der Waals surface area contributed by atoms with Crippen LogP contribution in [0, 0.1) is 0 Å². The molecule has 120 valence electrons. The van der Waals surface area contributed by atoms with E-state index in [2.05, 4.69) is 12.2 Å². The van der Waals surface area contributed by atoms with Gasteiger partial charge < -0.3 is 24.3 Å². The van der Waals surface area contributed by atoms with E-state index in [0.29, 0.717) is 30.5 Å². The van der Waals surface area contributed by atoms with Crippen molar-refractivity contribution in [1.82, 2.24) is 5.32 Å². The molecule has 0 aliphatic heterocycles. The van der Waals surface area contributed by atoms with Crippen LogP contribution in [0.1, 0.15) is 31.9 Å². The molecule has 21 heavy (non-hydrogen) atoms. The molecule has 0 aliphatic carbocycles. The molecule has 0 bridgehead atoms. The van der Waals surface area contributed by atoms with E-state index < -0.39 is 0 Å². The van der Waals surface area contributed by atoms with E-state index in [0.717, 1.165) is 18.5 Å². The molecule has 0 aromatic heterocycles. The van der Waals surface area contributed by atoms with Crippen LogP contribution in [-0.2, 0) is 4.74 Å². The molecule has 1 atom stereocenters. The van der Waals surface area contributed by atoms with Gasteiger partial charge in [0.05, 0.1) is 34.0 Å². The largest absolute Gasteiger partial charge is 0.493 e. The molecule has 0 heterocycles. The third kappa shape index (κ3) is 4.51. The molecule has 1 rings (SSSR count). The van der Waals surface area contributed by atoms with E-state index in [1.165, 1.54) is 0 Å². The molecule has 1 aromatic rings. The van der Waals surface area contributed by atoms with E-state index in [4.69, 9.17) is 18.9 Å². The maximum Gasteiger partial charge on any atom is 0.203 e. The molecule has 0 spiro atoms. The normalized spacial score (nSPS) is 12.0. The SMILES string of the molecule is CCCNC(COCC)c1ccc(OC)c(OC)c1OC. The molecule has 0 saturated heterocycles. The standard InChI is InChI=1S/C16H27NO4/c1-6-10-17-13(11-21-7-2)12-8-9-14(18-3)16(20-5)15(12)19-4/h8-9,13,17H,6-7,10-11H2,1-5H3. The van der Waals surface area contributed by atoms with Crippen LogP contribution in [0.4, 0.5) is 0 Å². The highest BCUT2D eigenvalue weighted by molar-refractivity contribution is 5.56. The van der Waals surface area contributed by atoms with Gasteiger partial charge in [-0.3, -0.25) is 0 Å². The lowest BCUT2D eigenvalue weighted by Crippen LogP contribution is -2.27. The summed E-state index contributed by atoms with van der Waals surface area (Å²) in [5.41, 5.74) is 1.01. The van der Waals surface area contributed by atoms with Crippen LogP contribution in [0.5, 0.6) is 17.2 Å². The monoisotopic (exact) mass is 297 g/mol. The Kier molecular flexibility index (Phi) is 7.93. The van der Waals surface area contributed by atoms with Crippen molar-refractivity contribution in [3.8, 4) is 17.2 Å². The summed E-state index contributed by atoms with van der Waals surface area (Å²) >= 11 is 0. The van der Waals surface area contributed by atoms with Crippen molar-refractivity contribution >= 4 is 0 Å². The van der Waals surface area contributed by atoms with Gasteiger partial charge in [-0.15, -0.1) is 0 Å². The molecular weight excluding hydrogens is 270 g/mol. The fourth-order valence-electron chi connectivity index (χ4n) is 2.21. The lowest BCUT2D eigenvalue weighted by Gasteiger charge is -2.23. The van der Waals surface area contributed by atoms with Gasteiger partial charge in [0, 0.05) is 12.2 Å². The minimum atomic E-state index is 0.0552. The number of methoxy groups -OCH3 is 3. The Morgan fingerprint density at radius 2 is 1.71 bits per heavy atom. The van der Waals surface area contributed by atoms with Gasteiger partial charge in [-0.2, -0.15) is 0 Å². The minimum Gasteiger partial charge on any atom is -0.493 e. The zero-order chi connectivity index (χ0) is 15.7. The summed E-state index contributed by atoms with van der Waals surface area (Å²) in [5, 5.41) is 3.48. The predicted molar refractivity (Wildman–Crippen MR) is 83.6 cm³/mol. The second-order valence-corrected chi connectivity index (χ2v) is 4.59. The number of ether oxygens (including phenoxy) is 4. The van der Waals surface area contributed by atoms with Gasteiger partial charge in [0.15, 0.2) is 11.5 Å². The molecular formula is C16H27NO4. The second kappa shape index (κ2) is 9.47. The minimum absolute atomic E-state index is 0.0552. The maximum atomic E-state index is 5.59. The number of hydrogen-bond donors (Lipinski definition) is 1. The lowest BCUT2D eigenvalue weighted by atomic mass is 10.0. The van der Waals surface area contributed by atoms with Crippen LogP contribution in [0.2, 0.25) is 0 Å². The Labute approximate surface area is 127 Å². The van der Waals surface area contributed by atoms with E-state index in [1.807, 2.05) is 19.1 Å². The van der Waals surface area contributed by atoms with Crippen molar-refractivity contribution in [2.24, 2.45) is 0 Å². The molecule has 0 saturated carbocycles. The highest BCUT2D eigenvalue weighted by atomic mass is 16.5. The van der Waals surface area contributed by atoms with E-state index in [-0.39, 0.29) is 6.04 Å². The van der Waals surface area contributed by atoms with Gasteiger partial charge in [-0.05, 0) is 32.0 Å². The van der Waals surface area contributed by atoms with Gasteiger partial charge in [0.25, 0.3) is 0 Å². The number of hydrogen-bond acceptors (Lipinski definition) is 5. The first kappa shape index (κ1) is 17.6. The number of benzene rings is 1. The Morgan fingerprint density at radius 3 is 2.24 bits per heavy atom. The third-order valence-electron chi connectivity index (χ3n) is 3.24. The van der Waals surface area contributed by atoms with Crippen molar-refractivity contribution in [2.75, 3.05) is 41.1 Å². The van der Waals surface area contributed by atoms with E-state index >= 15 is 0 Å². The lowest BCUT2D eigenvalue weighted by molar-refractivity contribution is 0.122. The van der Waals surface area contributed by atoms with Gasteiger partial charge >= 0.3 is 0 Å². The summed E-state index contributed by atoms with van der Waals surface area (Å²) in [4.78, 5) is 0. The molecule has 1 N–H and O–H groups in total. The molecule has 0 aliphatic rings. The zero-order valence-corrected chi connectivity index (χ0v) is 13.7. The first-order valence-corrected chi connectivity index (χ1v) is 7.33. The van der Waals surface area contributed by atoms with Gasteiger partial charge in [0.1, 0.15) is 0 Å². The van der Waals surface area contributed by atoms with Crippen molar-refractivity contribution in [3.63, 3.8) is 0 Å². The van der Waals surface area contributed by atoms with Gasteiger partial charge in [0.2, 0.25) is 5.75 Å². The summed E-state index contributed by atoms with van der Waals surface area (Å²) in [5.74, 6) is 1.95. The summed E-state index contributed by atoms with van der Waals surface area (Å²) < 4.78 is 21.9.